The first-order chi connectivity index (χ1) is 8.18. The Morgan fingerprint density at radius 1 is 1.12 bits per heavy atom. The van der Waals surface area contributed by atoms with Gasteiger partial charge in [0, 0.05) is 0 Å². The van der Waals surface area contributed by atoms with Crippen molar-refractivity contribution in [1.29, 1.82) is 0 Å². The summed E-state index contributed by atoms with van der Waals surface area (Å²) in [7, 11) is 0. The molecule has 2 heteroatoms. The lowest BCUT2D eigenvalue weighted by Gasteiger charge is -2.32. The summed E-state index contributed by atoms with van der Waals surface area (Å²) in [6, 6.07) is 8.29. The average Bonchev–Trinajstić information content (AvgIpc) is 2.30. The highest BCUT2D eigenvalue weighted by Crippen LogP contribution is 2.35. The maximum atomic E-state index is 10.8. The van der Waals surface area contributed by atoms with Gasteiger partial charge in [0.25, 0.3) is 6.47 Å². The first-order valence-corrected chi connectivity index (χ1v) is 6.37. The molecule has 1 aromatic carbocycles. The minimum absolute atomic E-state index is 0.432. The molecule has 0 N–H and O–H groups in total. The molecule has 2 nitrogen and oxygen atoms in total. The van der Waals surface area contributed by atoms with Crippen molar-refractivity contribution in [3.8, 4) is 0 Å². The number of carbonyl (C=O) groups is 1. The van der Waals surface area contributed by atoms with Crippen molar-refractivity contribution in [3.05, 3.63) is 35.4 Å². The predicted molar refractivity (Wildman–Crippen MR) is 69.8 cm³/mol. The molecule has 0 radical (unpaired) electrons. The molecule has 17 heavy (non-hydrogen) atoms. The number of hydrogen-bond donors (Lipinski definition) is 0. The molecule has 0 saturated carbocycles. The minimum Gasteiger partial charge on any atom is -0.456 e. The zero-order chi connectivity index (χ0) is 12.7. The van der Waals surface area contributed by atoms with Crippen molar-refractivity contribution in [3.63, 3.8) is 0 Å². The topological polar surface area (TPSA) is 26.3 Å². The van der Waals surface area contributed by atoms with Crippen LogP contribution < -0.4 is 0 Å². The molecular formula is C15H22O2. The molecule has 0 atom stereocenters. The van der Waals surface area contributed by atoms with Gasteiger partial charge in [0.15, 0.2) is 0 Å². The molecule has 0 saturated heterocycles. The Bertz CT molecular complexity index is 334. The van der Waals surface area contributed by atoms with Crippen molar-refractivity contribution in [2.45, 2.75) is 52.1 Å². The molecule has 1 rings (SSSR count). The summed E-state index contributed by atoms with van der Waals surface area (Å²) in [6.45, 7) is 6.89. The molecule has 0 aliphatic heterocycles. The second kappa shape index (κ2) is 6.43. The SMILES string of the molecule is CCCC(CCC)(OC=O)c1ccc(C)cc1. The lowest BCUT2D eigenvalue weighted by Crippen LogP contribution is -2.29. The van der Waals surface area contributed by atoms with Crippen LogP contribution in [0.25, 0.3) is 0 Å². The van der Waals surface area contributed by atoms with Crippen LogP contribution in [0.1, 0.15) is 50.7 Å². The lowest BCUT2D eigenvalue weighted by atomic mass is 9.84. The van der Waals surface area contributed by atoms with E-state index in [0.717, 1.165) is 31.2 Å². The third kappa shape index (κ3) is 3.32. The van der Waals surface area contributed by atoms with Gasteiger partial charge in [-0.2, -0.15) is 0 Å². The van der Waals surface area contributed by atoms with Gasteiger partial charge in [0.2, 0.25) is 0 Å². The van der Waals surface area contributed by atoms with Crippen molar-refractivity contribution < 1.29 is 9.53 Å². The standard InChI is InChI=1S/C15H22O2/c1-4-10-15(11-5-2,17-12-16)14-8-6-13(3)7-9-14/h6-9,12H,4-5,10-11H2,1-3H3. The van der Waals surface area contributed by atoms with Gasteiger partial charge in [0.05, 0.1) is 0 Å². The molecule has 1 aromatic rings. The van der Waals surface area contributed by atoms with E-state index in [1.54, 1.807) is 0 Å². The zero-order valence-corrected chi connectivity index (χ0v) is 11.0. The van der Waals surface area contributed by atoms with Gasteiger partial charge in [-0.1, -0.05) is 56.5 Å². The molecule has 0 amide bonds. The van der Waals surface area contributed by atoms with Crippen LogP contribution >= 0.6 is 0 Å². The number of benzene rings is 1. The van der Waals surface area contributed by atoms with Gasteiger partial charge in [-0.05, 0) is 25.3 Å². The first kappa shape index (κ1) is 13.8. The van der Waals surface area contributed by atoms with Gasteiger partial charge in [-0.15, -0.1) is 0 Å². The molecule has 0 spiro atoms. The lowest BCUT2D eigenvalue weighted by molar-refractivity contribution is -0.146. The van der Waals surface area contributed by atoms with E-state index >= 15 is 0 Å². The summed E-state index contributed by atoms with van der Waals surface area (Å²) in [6.07, 6.45) is 3.76. The molecule has 0 aliphatic rings. The van der Waals surface area contributed by atoms with Gasteiger partial charge in [0.1, 0.15) is 5.60 Å². The Morgan fingerprint density at radius 2 is 1.65 bits per heavy atom. The fraction of sp³-hybridized carbons (Fsp3) is 0.533. The van der Waals surface area contributed by atoms with Gasteiger partial charge in [-0.25, -0.2) is 0 Å². The summed E-state index contributed by atoms with van der Waals surface area (Å²) in [5.74, 6) is 0. The third-order valence-electron chi connectivity index (χ3n) is 3.16. The largest absolute Gasteiger partial charge is 0.456 e. The Hall–Kier alpha value is -1.31. The molecule has 0 unspecified atom stereocenters. The number of hydrogen-bond acceptors (Lipinski definition) is 2. The Kier molecular flexibility index (Phi) is 5.20. The highest BCUT2D eigenvalue weighted by Gasteiger charge is 2.32. The van der Waals surface area contributed by atoms with Crippen LogP contribution in [-0.4, -0.2) is 6.47 Å². The van der Waals surface area contributed by atoms with Crippen molar-refractivity contribution in [1.82, 2.24) is 0 Å². The summed E-state index contributed by atoms with van der Waals surface area (Å²) in [5, 5.41) is 0. The van der Waals surface area contributed by atoms with E-state index in [4.69, 9.17) is 4.74 Å². The Balaban J connectivity index is 3.08. The number of ether oxygens (including phenoxy) is 1. The molecule has 0 bridgehead atoms. The number of aryl methyl sites for hydroxylation is 1. The van der Waals surface area contributed by atoms with Crippen molar-refractivity contribution in [2.24, 2.45) is 0 Å². The van der Waals surface area contributed by atoms with E-state index in [1.165, 1.54) is 5.56 Å². The summed E-state index contributed by atoms with van der Waals surface area (Å²) in [4.78, 5) is 10.8. The Morgan fingerprint density at radius 3 is 2.06 bits per heavy atom. The smallest absolute Gasteiger partial charge is 0.293 e. The number of carbonyl (C=O) groups excluding carboxylic acids is 1. The van der Waals surface area contributed by atoms with E-state index < -0.39 is 5.60 Å². The quantitative estimate of drug-likeness (QED) is 0.667. The fourth-order valence-electron chi connectivity index (χ4n) is 2.36. The molecule has 0 heterocycles. The Labute approximate surface area is 104 Å². The van der Waals surface area contributed by atoms with Crippen LogP contribution in [0.2, 0.25) is 0 Å². The van der Waals surface area contributed by atoms with Gasteiger partial charge in [-0.3, -0.25) is 4.79 Å². The van der Waals surface area contributed by atoms with Crippen LogP contribution in [0.15, 0.2) is 24.3 Å². The molecule has 94 valence electrons. The van der Waals surface area contributed by atoms with Crippen molar-refractivity contribution in [2.75, 3.05) is 0 Å². The second-order valence-corrected chi connectivity index (χ2v) is 4.57. The second-order valence-electron chi connectivity index (χ2n) is 4.57. The van der Waals surface area contributed by atoms with Crippen LogP contribution in [-0.2, 0) is 15.1 Å². The summed E-state index contributed by atoms with van der Waals surface area (Å²) < 4.78 is 5.46. The van der Waals surface area contributed by atoms with Crippen LogP contribution in [0.4, 0.5) is 0 Å². The van der Waals surface area contributed by atoms with Crippen LogP contribution in [0.3, 0.4) is 0 Å². The maximum absolute atomic E-state index is 10.8. The first-order valence-electron chi connectivity index (χ1n) is 6.37. The van der Waals surface area contributed by atoms with Gasteiger partial charge < -0.3 is 4.74 Å². The van der Waals surface area contributed by atoms with E-state index in [1.807, 2.05) is 0 Å². The molecule has 0 aliphatic carbocycles. The van der Waals surface area contributed by atoms with E-state index in [0.29, 0.717) is 6.47 Å². The minimum atomic E-state index is -0.432. The van der Waals surface area contributed by atoms with Crippen LogP contribution in [0, 0.1) is 6.92 Å². The highest BCUT2D eigenvalue weighted by molar-refractivity contribution is 5.40. The maximum Gasteiger partial charge on any atom is 0.293 e. The molecule has 0 fully saturated rings. The average molecular weight is 234 g/mol. The number of rotatable bonds is 7. The zero-order valence-electron chi connectivity index (χ0n) is 11.0. The third-order valence-corrected chi connectivity index (χ3v) is 3.16. The van der Waals surface area contributed by atoms with Gasteiger partial charge >= 0.3 is 0 Å². The predicted octanol–water partition coefficient (Wildman–Crippen LogP) is 3.96. The monoisotopic (exact) mass is 234 g/mol. The highest BCUT2D eigenvalue weighted by atomic mass is 16.5. The summed E-state index contributed by atoms with van der Waals surface area (Å²) >= 11 is 0. The van der Waals surface area contributed by atoms with E-state index in [9.17, 15) is 4.79 Å². The normalized spacial score (nSPS) is 11.2. The molecular weight excluding hydrogens is 212 g/mol. The summed E-state index contributed by atoms with van der Waals surface area (Å²) in [5.41, 5.74) is 1.90. The van der Waals surface area contributed by atoms with Crippen LogP contribution in [0.5, 0.6) is 0 Å². The van der Waals surface area contributed by atoms with Crippen molar-refractivity contribution >= 4 is 6.47 Å². The fourth-order valence-corrected chi connectivity index (χ4v) is 2.36. The van der Waals surface area contributed by atoms with E-state index in [2.05, 4.69) is 45.0 Å². The van der Waals surface area contributed by atoms with E-state index in [-0.39, 0.29) is 0 Å². The molecule has 0 aromatic heterocycles.